The first-order valence-electron chi connectivity index (χ1n) is 12.1. The molecule has 0 aliphatic carbocycles. The molecule has 0 spiro atoms. The zero-order chi connectivity index (χ0) is 25.3. The Kier molecular flexibility index (Phi) is 6.73. The molecule has 0 aromatic heterocycles. The molecule has 0 unspecified atom stereocenters. The van der Waals surface area contributed by atoms with Gasteiger partial charge in [-0.2, -0.15) is 4.31 Å². The van der Waals surface area contributed by atoms with Crippen LogP contribution in [-0.2, 0) is 14.8 Å². The normalized spacial score (nSPS) is 16.5. The summed E-state index contributed by atoms with van der Waals surface area (Å²) in [6.45, 7) is 5.31. The van der Waals surface area contributed by atoms with Crippen molar-refractivity contribution in [3.8, 4) is 28.4 Å². The monoisotopic (exact) mass is 507 g/mol. The van der Waals surface area contributed by atoms with Crippen LogP contribution in [0, 0.1) is 19.8 Å². The van der Waals surface area contributed by atoms with Gasteiger partial charge in [0.15, 0.2) is 11.5 Å². The summed E-state index contributed by atoms with van der Waals surface area (Å²) >= 11 is 0. The second-order valence-electron chi connectivity index (χ2n) is 9.25. The predicted molar refractivity (Wildman–Crippen MR) is 136 cm³/mol. The number of nitrogens with zero attached hydrogens (tertiary/aromatic N) is 1. The minimum absolute atomic E-state index is 0.164. The van der Waals surface area contributed by atoms with E-state index in [0.29, 0.717) is 43.3 Å². The average molecular weight is 508 g/mol. The first-order chi connectivity index (χ1) is 17.3. The summed E-state index contributed by atoms with van der Waals surface area (Å²) in [7, 11) is -3.70. The van der Waals surface area contributed by atoms with Gasteiger partial charge in [-0.25, -0.2) is 8.42 Å². The SMILES string of the molecule is Cc1ccc(-c2ccc(OC(=O)C3CCN(S(=O)(=O)c4ccc5c(c4)OCCO5)CC3)c(C)c2)cc1. The Morgan fingerprint density at radius 1 is 0.861 bits per heavy atom. The Hall–Kier alpha value is -3.36. The van der Waals surface area contributed by atoms with Gasteiger partial charge >= 0.3 is 5.97 Å². The van der Waals surface area contributed by atoms with E-state index in [-0.39, 0.29) is 29.9 Å². The molecular weight excluding hydrogens is 478 g/mol. The molecule has 1 fully saturated rings. The van der Waals surface area contributed by atoms with E-state index in [2.05, 4.69) is 31.2 Å². The third-order valence-electron chi connectivity index (χ3n) is 6.71. The highest BCUT2D eigenvalue weighted by Crippen LogP contribution is 2.34. The molecule has 0 radical (unpaired) electrons. The Balaban J connectivity index is 1.21. The largest absolute Gasteiger partial charge is 0.486 e. The lowest BCUT2D eigenvalue weighted by Gasteiger charge is -2.30. The van der Waals surface area contributed by atoms with Crippen LogP contribution in [0.25, 0.3) is 11.1 Å². The molecule has 36 heavy (non-hydrogen) atoms. The zero-order valence-electron chi connectivity index (χ0n) is 20.4. The van der Waals surface area contributed by atoms with Crippen LogP contribution in [0.4, 0.5) is 0 Å². The fourth-order valence-electron chi connectivity index (χ4n) is 4.55. The minimum atomic E-state index is -3.70. The minimum Gasteiger partial charge on any atom is -0.486 e. The second-order valence-corrected chi connectivity index (χ2v) is 11.2. The molecule has 8 heteroatoms. The van der Waals surface area contributed by atoms with E-state index in [0.717, 1.165) is 16.7 Å². The topological polar surface area (TPSA) is 82.1 Å². The maximum atomic E-state index is 13.2. The molecular formula is C28H29NO6S. The molecule has 7 nitrogen and oxygen atoms in total. The number of fused-ring (bicyclic) bond motifs is 1. The molecule has 0 N–H and O–H groups in total. The lowest BCUT2D eigenvalue weighted by atomic mass is 9.98. The first-order valence-corrected chi connectivity index (χ1v) is 13.5. The lowest BCUT2D eigenvalue weighted by Crippen LogP contribution is -2.41. The zero-order valence-corrected chi connectivity index (χ0v) is 21.2. The number of carbonyl (C=O) groups excluding carboxylic acids is 1. The van der Waals surface area contributed by atoms with Crippen LogP contribution in [0.5, 0.6) is 17.2 Å². The smallest absolute Gasteiger partial charge is 0.314 e. The Bertz CT molecular complexity index is 1380. The summed E-state index contributed by atoms with van der Waals surface area (Å²) < 4.78 is 44.5. The van der Waals surface area contributed by atoms with E-state index in [1.807, 2.05) is 25.1 Å². The highest BCUT2D eigenvalue weighted by molar-refractivity contribution is 7.89. The summed E-state index contributed by atoms with van der Waals surface area (Å²) in [5.74, 6) is 0.834. The molecule has 1 saturated heterocycles. The van der Waals surface area contributed by atoms with Crippen molar-refractivity contribution >= 4 is 16.0 Å². The molecule has 5 rings (SSSR count). The molecule has 2 aliphatic rings. The van der Waals surface area contributed by atoms with Crippen molar-refractivity contribution in [2.75, 3.05) is 26.3 Å². The van der Waals surface area contributed by atoms with Crippen LogP contribution < -0.4 is 14.2 Å². The maximum absolute atomic E-state index is 13.2. The van der Waals surface area contributed by atoms with Crippen LogP contribution in [0.15, 0.2) is 65.6 Å². The van der Waals surface area contributed by atoms with Crippen molar-refractivity contribution in [1.29, 1.82) is 0 Å². The summed E-state index contributed by atoms with van der Waals surface area (Å²) in [6.07, 6.45) is 0.812. The van der Waals surface area contributed by atoms with E-state index in [1.165, 1.54) is 22.0 Å². The van der Waals surface area contributed by atoms with E-state index in [1.54, 1.807) is 6.07 Å². The Morgan fingerprint density at radius 2 is 1.53 bits per heavy atom. The summed E-state index contributed by atoms with van der Waals surface area (Å²) in [6, 6.07) is 18.7. The van der Waals surface area contributed by atoms with Gasteiger partial charge in [-0.1, -0.05) is 35.9 Å². The Morgan fingerprint density at radius 3 is 2.22 bits per heavy atom. The molecule has 0 atom stereocenters. The fraction of sp³-hybridized carbons (Fsp3) is 0.321. The second kappa shape index (κ2) is 9.95. The van der Waals surface area contributed by atoms with Crippen molar-refractivity contribution in [1.82, 2.24) is 4.31 Å². The van der Waals surface area contributed by atoms with Crippen LogP contribution in [0.3, 0.4) is 0 Å². The van der Waals surface area contributed by atoms with Crippen LogP contribution in [0.2, 0.25) is 0 Å². The number of benzene rings is 3. The third kappa shape index (κ3) is 4.96. The van der Waals surface area contributed by atoms with E-state index >= 15 is 0 Å². The number of ether oxygens (including phenoxy) is 3. The molecule has 0 amide bonds. The summed E-state index contributed by atoms with van der Waals surface area (Å²) in [5.41, 5.74) is 4.24. The quantitative estimate of drug-likeness (QED) is 0.366. The third-order valence-corrected chi connectivity index (χ3v) is 8.60. The number of aryl methyl sites for hydroxylation is 2. The molecule has 188 valence electrons. The van der Waals surface area contributed by atoms with E-state index < -0.39 is 10.0 Å². The van der Waals surface area contributed by atoms with Gasteiger partial charge in [-0.15, -0.1) is 0 Å². The number of rotatable bonds is 5. The molecule has 2 heterocycles. The number of sulfonamides is 1. The van der Waals surface area contributed by atoms with Gasteiger partial charge in [0.1, 0.15) is 19.0 Å². The van der Waals surface area contributed by atoms with Crippen LogP contribution in [-0.4, -0.2) is 45.0 Å². The van der Waals surface area contributed by atoms with Gasteiger partial charge in [-0.05, 0) is 67.6 Å². The molecule has 0 bridgehead atoms. The summed E-state index contributed by atoms with van der Waals surface area (Å²) in [4.78, 5) is 13.0. The van der Waals surface area contributed by atoms with Gasteiger partial charge in [0.2, 0.25) is 10.0 Å². The van der Waals surface area contributed by atoms with Crippen molar-refractivity contribution in [3.63, 3.8) is 0 Å². The van der Waals surface area contributed by atoms with Gasteiger partial charge in [0.05, 0.1) is 10.8 Å². The maximum Gasteiger partial charge on any atom is 0.314 e. The summed E-state index contributed by atoms with van der Waals surface area (Å²) in [5, 5.41) is 0. The van der Waals surface area contributed by atoms with E-state index in [4.69, 9.17) is 14.2 Å². The van der Waals surface area contributed by atoms with Gasteiger partial charge in [-0.3, -0.25) is 4.79 Å². The molecule has 2 aliphatic heterocycles. The standard InChI is InChI=1S/C28H29NO6S/c1-19-3-5-21(6-4-19)23-7-9-25(20(2)17-23)35-28(30)22-11-13-29(14-12-22)36(31,32)24-8-10-26-27(18-24)34-16-15-33-26/h3-10,17-18,22H,11-16H2,1-2H3. The van der Waals surface area contributed by atoms with Crippen molar-refractivity contribution in [2.24, 2.45) is 5.92 Å². The lowest BCUT2D eigenvalue weighted by molar-refractivity contribution is -0.140. The van der Waals surface area contributed by atoms with Crippen LogP contribution in [0.1, 0.15) is 24.0 Å². The average Bonchev–Trinajstić information content (AvgIpc) is 2.90. The number of carbonyl (C=O) groups is 1. The van der Waals surface area contributed by atoms with Crippen LogP contribution >= 0.6 is 0 Å². The number of hydrogen-bond acceptors (Lipinski definition) is 6. The van der Waals surface area contributed by atoms with Gasteiger partial charge < -0.3 is 14.2 Å². The van der Waals surface area contributed by atoms with Crippen molar-refractivity contribution < 1.29 is 27.4 Å². The van der Waals surface area contributed by atoms with Crippen molar-refractivity contribution in [2.45, 2.75) is 31.6 Å². The first kappa shape index (κ1) is 24.3. The number of hydrogen-bond donors (Lipinski definition) is 0. The highest BCUT2D eigenvalue weighted by Gasteiger charge is 2.33. The van der Waals surface area contributed by atoms with E-state index in [9.17, 15) is 13.2 Å². The van der Waals surface area contributed by atoms with Gasteiger partial charge in [0, 0.05) is 19.2 Å². The molecule has 3 aromatic carbocycles. The predicted octanol–water partition coefficient (Wildman–Crippen LogP) is 4.75. The number of piperidine rings is 1. The Labute approximate surface area is 211 Å². The van der Waals surface area contributed by atoms with Crippen molar-refractivity contribution in [3.05, 3.63) is 71.8 Å². The number of esters is 1. The molecule has 0 saturated carbocycles. The van der Waals surface area contributed by atoms with Gasteiger partial charge in [0.25, 0.3) is 0 Å². The highest BCUT2D eigenvalue weighted by atomic mass is 32.2. The fourth-order valence-corrected chi connectivity index (χ4v) is 6.03. The molecule has 3 aromatic rings.